The maximum atomic E-state index is 9.07. The lowest BCUT2D eigenvalue weighted by atomic mass is 9.96. The Labute approximate surface area is 96.3 Å². The molecule has 16 heavy (non-hydrogen) atoms. The Morgan fingerprint density at radius 2 is 1.88 bits per heavy atom. The van der Waals surface area contributed by atoms with Gasteiger partial charge in [0.05, 0.1) is 19.3 Å². The van der Waals surface area contributed by atoms with Crippen molar-refractivity contribution in [3.8, 4) is 6.07 Å². The van der Waals surface area contributed by atoms with Gasteiger partial charge in [-0.15, -0.1) is 0 Å². The zero-order valence-electron chi connectivity index (χ0n) is 9.95. The van der Waals surface area contributed by atoms with E-state index in [9.17, 15) is 0 Å². The van der Waals surface area contributed by atoms with Crippen molar-refractivity contribution in [3.05, 3.63) is 34.4 Å². The SMILES string of the molecule is Cc1cc(C)c(C(C#N)OCCO)c(C)c1. The number of nitriles is 1. The van der Waals surface area contributed by atoms with Crippen molar-refractivity contribution in [2.75, 3.05) is 13.2 Å². The molecule has 3 nitrogen and oxygen atoms in total. The monoisotopic (exact) mass is 219 g/mol. The van der Waals surface area contributed by atoms with Gasteiger partial charge in [0, 0.05) is 5.56 Å². The van der Waals surface area contributed by atoms with Crippen LogP contribution in [0.2, 0.25) is 0 Å². The molecule has 1 N–H and O–H groups in total. The molecule has 0 fully saturated rings. The molecule has 1 rings (SSSR count). The second-order valence-corrected chi connectivity index (χ2v) is 3.92. The van der Waals surface area contributed by atoms with Crippen LogP contribution in [0, 0.1) is 32.1 Å². The quantitative estimate of drug-likeness (QED) is 0.844. The lowest BCUT2D eigenvalue weighted by molar-refractivity contribution is 0.0575. The molecule has 0 aromatic heterocycles. The van der Waals surface area contributed by atoms with E-state index in [-0.39, 0.29) is 13.2 Å². The highest BCUT2D eigenvalue weighted by Crippen LogP contribution is 2.25. The smallest absolute Gasteiger partial charge is 0.169 e. The molecular weight excluding hydrogens is 202 g/mol. The third-order valence-corrected chi connectivity index (χ3v) is 2.49. The van der Waals surface area contributed by atoms with Crippen LogP contribution in [0.15, 0.2) is 12.1 Å². The highest BCUT2D eigenvalue weighted by Gasteiger charge is 2.16. The van der Waals surface area contributed by atoms with E-state index >= 15 is 0 Å². The predicted molar refractivity (Wildman–Crippen MR) is 62.0 cm³/mol. The first-order valence-corrected chi connectivity index (χ1v) is 5.30. The van der Waals surface area contributed by atoms with E-state index in [1.54, 1.807) is 0 Å². The molecule has 3 heteroatoms. The van der Waals surface area contributed by atoms with Gasteiger partial charge >= 0.3 is 0 Å². The Hall–Kier alpha value is -1.37. The Balaban J connectivity index is 3.06. The summed E-state index contributed by atoms with van der Waals surface area (Å²) in [4.78, 5) is 0. The van der Waals surface area contributed by atoms with Crippen molar-refractivity contribution in [2.45, 2.75) is 26.9 Å². The Bertz CT molecular complexity index is 384. The summed E-state index contributed by atoms with van der Waals surface area (Å²) in [5, 5.41) is 17.8. The van der Waals surface area contributed by atoms with Gasteiger partial charge in [0.1, 0.15) is 0 Å². The van der Waals surface area contributed by atoms with Crippen LogP contribution < -0.4 is 0 Å². The normalized spacial score (nSPS) is 12.2. The van der Waals surface area contributed by atoms with Crippen LogP contribution >= 0.6 is 0 Å². The number of nitrogens with zero attached hydrogens (tertiary/aromatic N) is 1. The molecule has 0 aliphatic heterocycles. The fourth-order valence-electron chi connectivity index (χ4n) is 1.96. The average molecular weight is 219 g/mol. The van der Waals surface area contributed by atoms with Gasteiger partial charge in [-0.05, 0) is 31.9 Å². The van der Waals surface area contributed by atoms with Crippen molar-refractivity contribution in [1.82, 2.24) is 0 Å². The fourth-order valence-corrected chi connectivity index (χ4v) is 1.96. The van der Waals surface area contributed by atoms with Crippen molar-refractivity contribution >= 4 is 0 Å². The average Bonchev–Trinajstić information content (AvgIpc) is 2.21. The van der Waals surface area contributed by atoms with E-state index < -0.39 is 6.10 Å². The van der Waals surface area contributed by atoms with E-state index in [4.69, 9.17) is 15.1 Å². The molecule has 0 aliphatic rings. The zero-order valence-corrected chi connectivity index (χ0v) is 9.95. The van der Waals surface area contributed by atoms with Crippen LogP contribution in [-0.4, -0.2) is 18.3 Å². The second-order valence-electron chi connectivity index (χ2n) is 3.92. The fraction of sp³-hybridized carbons (Fsp3) is 0.462. The maximum absolute atomic E-state index is 9.07. The topological polar surface area (TPSA) is 53.2 Å². The van der Waals surface area contributed by atoms with Gasteiger partial charge in [0.25, 0.3) is 0 Å². The second kappa shape index (κ2) is 5.64. The van der Waals surface area contributed by atoms with Gasteiger partial charge in [-0.25, -0.2) is 0 Å². The summed E-state index contributed by atoms with van der Waals surface area (Å²) in [6.45, 7) is 6.09. The molecular formula is C13H17NO2. The van der Waals surface area contributed by atoms with Crippen molar-refractivity contribution in [1.29, 1.82) is 5.26 Å². The predicted octanol–water partition coefficient (Wildman–Crippen LogP) is 2.19. The summed E-state index contributed by atoms with van der Waals surface area (Å²) in [6, 6.07) is 6.19. The summed E-state index contributed by atoms with van der Waals surface area (Å²) in [5.74, 6) is 0. The lowest BCUT2D eigenvalue weighted by Crippen LogP contribution is -2.09. The van der Waals surface area contributed by atoms with Crippen molar-refractivity contribution in [2.24, 2.45) is 0 Å². The van der Waals surface area contributed by atoms with Gasteiger partial charge < -0.3 is 9.84 Å². The molecule has 1 atom stereocenters. The molecule has 0 aliphatic carbocycles. The molecule has 0 saturated carbocycles. The van der Waals surface area contributed by atoms with Crippen LogP contribution in [-0.2, 0) is 4.74 Å². The molecule has 0 spiro atoms. The minimum Gasteiger partial charge on any atom is -0.394 e. The summed E-state index contributed by atoms with van der Waals surface area (Å²) < 4.78 is 5.32. The minimum atomic E-state index is -0.590. The number of aliphatic hydroxyl groups is 1. The van der Waals surface area contributed by atoms with Gasteiger partial charge in [0.15, 0.2) is 6.10 Å². The van der Waals surface area contributed by atoms with Crippen LogP contribution in [0.1, 0.15) is 28.4 Å². The first-order chi connectivity index (χ1) is 7.60. The third-order valence-electron chi connectivity index (χ3n) is 2.49. The Morgan fingerprint density at radius 1 is 1.31 bits per heavy atom. The van der Waals surface area contributed by atoms with E-state index in [1.807, 2.05) is 32.9 Å². The first-order valence-electron chi connectivity index (χ1n) is 5.30. The van der Waals surface area contributed by atoms with Gasteiger partial charge in [-0.2, -0.15) is 5.26 Å². The summed E-state index contributed by atoms with van der Waals surface area (Å²) in [6.07, 6.45) is -0.590. The number of hydrogen-bond donors (Lipinski definition) is 1. The maximum Gasteiger partial charge on any atom is 0.169 e. The van der Waals surface area contributed by atoms with Crippen molar-refractivity contribution in [3.63, 3.8) is 0 Å². The first kappa shape index (κ1) is 12.7. The molecule has 0 saturated heterocycles. The minimum absolute atomic E-state index is 0.0673. The van der Waals surface area contributed by atoms with E-state index in [0.717, 1.165) is 16.7 Å². The molecule has 0 bridgehead atoms. The van der Waals surface area contributed by atoms with Gasteiger partial charge in [-0.3, -0.25) is 0 Å². The number of aliphatic hydroxyl groups excluding tert-OH is 1. The Kier molecular flexibility index (Phi) is 4.48. The molecule has 1 aromatic carbocycles. The highest BCUT2D eigenvalue weighted by molar-refractivity contribution is 5.41. The highest BCUT2D eigenvalue weighted by atomic mass is 16.5. The summed E-state index contributed by atoms with van der Waals surface area (Å²) >= 11 is 0. The van der Waals surface area contributed by atoms with E-state index in [2.05, 4.69) is 6.07 Å². The summed E-state index contributed by atoms with van der Waals surface area (Å²) in [5.41, 5.74) is 4.21. The van der Waals surface area contributed by atoms with E-state index in [1.165, 1.54) is 5.56 Å². The van der Waals surface area contributed by atoms with Gasteiger partial charge in [0.2, 0.25) is 0 Å². The largest absolute Gasteiger partial charge is 0.394 e. The zero-order chi connectivity index (χ0) is 12.1. The molecule has 0 radical (unpaired) electrons. The third kappa shape index (κ3) is 2.82. The van der Waals surface area contributed by atoms with Crippen LogP contribution in [0.5, 0.6) is 0 Å². The number of benzene rings is 1. The number of ether oxygens (including phenoxy) is 1. The standard InChI is InChI=1S/C13H17NO2/c1-9-6-10(2)13(11(3)7-9)12(8-14)16-5-4-15/h6-7,12,15H,4-5H2,1-3H3. The molecule has 0 amide bonds. The Morgan fingerprint density at radius 3 is 2.31 bits per heavy atom. The van der Waals surface area contributed by atoms with Gasteiger partial charge in [-0.1, -0.05) is 17.7 Å². The molecule has 86 valence electrons. The summed E-state index contributed by atoms with van der Waals surface area (Å²) in [7, 11) is 0. The number of aryl methyl sites for hydroxylation is 3. The molecule has 0 heterocycles. The van der Waals surface area contributed by atoms with E-state index in [0.29, 0.717) is 0 Å². The van der Waals surface area contributed by atoms with Crippen LogP contribution in [0.4, 0.5) is 0 Å². The van der Waals surface area contributed by atoms with Crippen molar-refractivity contribution < 1.29 is 9.84 Å². The molecule has 1 unspecified atom stereocenters. The molecule has 1 aromatic rings. The van der Waals surface area contributed by atoms with Crippen LogP contribution in [0.25, 0.3) is 0 Å². The number of hydrogen-bond acceptors (Lipinski definition) is 3. The lowest BCUT2D eigenvalue weighted by Gasteiger charge is -2.16. The van der Waals surface area contributed by atoms with Crippen LogP contribution in [0.3, 0.4) is 0 Å². The number of rotatable bonds is 4.